The van der Waals surface area contributed by atoms with Crippen molar-refractivity contribution in [1.29, 1.82) is 0 Å². The van der Waals surface area contributed by atoms with E-state index in [4.69, 9.17) is 28.3 Å². The fourth-order valence-electron chi connectivity index (χ4n) is 0.960. The molecule has 0 aliphatic carbocycles. The summed E-state index contributed by atoms with van der Waals surface area (Å²) in [6.07, 6.45) is 2.58. The molecule has 0 amide bonds. The summed E-state index contributed by atoms with van der Waals surface area (Å²) in [4.78, 5) is -0.742. The molecule has 1 atom stereocenters. The summed E-state index contributed by atoms with van der Waals surface area (Å²) in [5, 5.41) is 19.3. The molecule has 0 aromatic carbocycles. The van der Waals surface area contributed by atoms with Gasteiger partial charge in [0.1, 0.15) is 10.2 Å². The molecule has 0 bridgehead atoms. The van der Waals surface area contributed by atoms with E-state index in [0.29, 0.717) is 24.6 Å². The fourth-order valence-corrected chi connectivity index (χ4v) is 1.55. The van der Waals surface area contributed by atoms with Crippen LogP contribution in [-0.2, 0) is 0 Å². The topological polar surface area (TPSA) is 57.0 Å². The van der Waals surface area contributed by atoms with Crippen LogP contribution >= 0.6 is 23.2 Å². The first-order valence-electron chi connectivity index (χ1n) is 3.98. The van der Waals surface area contributed by atoms with Crippen molar-refractivity contribution in [3.63, 3.8) is 0 Å². The van der Waals surface area contributed by atoms with Gasteiger partial charge >= 0.3 is 0 Å². The Labute approximate surface area is 86.6 Å². The summed E-state index contributed by atoms with van der Waals surface area (Å²) < 4.78 is 0. The van der Waals surface area contributed by atoms with Gasteiger partial charge in [-0.25, -0.2) is 0 Å². The highest BCUT2D eigenvalue weighted by Gasteiger charge is 2.28. The van der Waals surface area contributed by atoms with Crippen molar-refractivity contribution < 1.29 is 5.11 Å². The predicted molar refractivity (Wildman–Crippen MR) is 54.7 cm³/mol. The Hall–Kier alpha value is -0.160. The van der Waals surface area contributed by atoms with Crippen LogP contribution in [0, 0.1) is 0 Å². The lowest BCUT2D eigenvalue weighted by Crippen LogP contribution is -2.44. The van der Waals surface area contributed by atoms with Gasteiger partial charge < -0.3 is 5.11 Å². The van der Waals surface area contributed by atoms with Crippen molar-refractivity contribution in [1.82, 2.24) is 5.32 Å². The summed E-state index contributed by atoms with van der Waals surface area (Å²) >= 11 is 11.8. The number of nitrogens with zero attached hydrogens (tertiary/aromatic N) is 2. The zero-order chi connectivity index (χ0) is 9.73. The van der Waals surface area contributed by atoms with Gasteiger partial charge in [0.2, 0.25) is 0 Å². The maximum atomic E-state index is 8.57. The van der Waals surface area contributed by atoms with Crippen LogP contribution in [0.2, 0.25) is 0 Å². The third kappa shape index (κ3) is 3.60. The van der Waals surface area contributed by atoms with Gasteiger partial charge in [0.15, 0.2) is 0 Å². The average Bonchev–Trinajstić information content (AvgIpc) is 2.04. The van der Waals surface area contributed by atoms with Gasteiger partial charge in [-0.15, -0.1) is 5.10 Å². The molecule has 1 unspecified atom stereocenters. The third-order valence-corrected chi connectivity index (χ3v) is 2.16. The van der Waals surface area contributed by atoms with Crippen molar-refractivity contribution in [2.75, 3.05) is 13.2 Å². The Morgan fingerprint density at radius 2 is 2.46 bits per heavy atom. The molecule has 6 heteroatoms. The second-order valence-corrected chi connectivity index (χ2v) is 3.87. The first-order valence-corrected chi connectivity index (χ1v) is 4.73. The molecule has 0 fully saturated rings. The van der Waals surface area contributed by atoms with Crippen LogP contribution in [0.25, 0.3) is 0 Å². The van der Waals surface area contributed by atoms with E-state index in [1.165, 1.54) is 6.21 Å². The summed E-state index contributed by atoms with van der Waals surface area (Å²) in [5.41, 5.74) is 0. The van der Waals surface area contributed by atoms with Crippen LogP contribution in [0.5, 0.6) is 0 Å². The number of hydrogen-bond acceptors (Lipinski definition) is 4. The summed E-state index contributed by atoms with van der Waals surface area (Å²) in [6, 6.07) is 0. The molecule has 1 rings (SSSR count). The molecule has 13 heavy (non-hydrogen) atoms. The lowest BCUT2D eigenvalue weighted by molar-refractivity contribution is 0.284. The van der Waals surface area contributed by atoms with Crippen LogP contribution in [0.3, 0.4) is 0 Å². The van der Waals surface area contributed by atoms with Crippen molar-refractivity contribution in [3.8, 4) is 0 Å². The first-order chi connectivity index (χ1) is 6.16. The van der Waals surface area contributed by atoms with E-state index in [2.05, 4.69) is 15.5 Å². The van der Waals surface area contributed by atoms with Gasteiger partial charge in [-0.1, -0.05) is 23.2 Å². The lowest BCUT2D eigenvalue weighted by Gasteiger charge is -2.24. The van der Waals surface area contributed by atoms with E-state index in [1.54, 1.807) is 0 Å². The van der Waals surface area contributed by atoms with Crippen LogP contribution in [0.15, 0.2) is 10.2 Å². The van der Waals surface area contributed by atoms with Crippen molar-refractivity contribution in [2.45, 2.75) is 17.8 Å². The molecule has 0 aromatic heterocycles. The highest BCUT2D eigenvalue weighted by molar-refractivity contribution is 6.66. The number of nitrogens with one attached hydrogen (secondary N) is 1. The molecule has 1 aliphatic rings. The van der Waals surface area contributed by atoms with Crippen LogP contribution in [0.1, 0.15) is 12.8 Å². The first kappa shape index (κ1) is 10.9. The summed E-state index contributed by atoms with van der Waals surface area (Å²) in [7, 11) is 0. The maximum absolute atomic E-state index is 8.57. The zero-order valence-electron chi connectivity index (χ0n) is 7.00. The molecular weight excluding hydrogens is 213 g/mol. The van der Waals surface area contributed by atoms with Crippen molar-refractivity contribution in [2.24, 2.45) is 10.2 Å². The number of aliphatic hydroxyl groups excluding tert-OH is 1. The van der Waals surface area contributed by atoms with Crippen LogP contribution in [0.4, 0.5) is 0 Å². The minimum atomic E-state index is -0.742. The Balaban J connectivity index is 2.39. The second kappa shape index (κ2) is 4.91. The van der Waals surface area contributed by atoms with Gasteiger partial charge in [-0.3, -0.25) is 5.32 Å². The highest BCUT2D eigenvalue weighted by Crippen LogP contribution is 2.19. The van der Waals surface area contributed by atoms with E-state index in [-0.39, 0.29) is 6.61 Å². The van der Waals surface area contributed by atoms with Gasteiger partial charge in [0.05, 0.1) is 6.21 Å². The molecule has 2 N–H and O–H groups in total. The molecule has 0 saturated heterocycles. The minimum absolute atomic E-state index is 0.138. The van der Waals surface area contributed by atoms with E-state index in [1.807, 2.05) is 0 Å². The molecule has 0 radical (unpaired) electrons. The van der Waals surface area contributed by atoms with Gasteiger partial charge in [-0.05, 0) is 13.0 Å². The molecule has 0 spiro atoms. The number of aliphatic hydroxyl groups is 1. The van der Waals surface area contributed by atoms with E-state index in [0.717, 1.165) is 0 Å². The SMILES string of the molecule is OCCCNC1(Cl)C=NN=C(Cl)C1. The average molecular weight is 224 g/mol. The maximum Gasteiger partial charge on any atom is 0.138 e. The van der Waals surface area contributed by atoms with Gasteiger partial charge in [-0.2, -0.15) is 5.10 Å². The molecule has 1 aliphatic heterocycles. The Bertz CT molecular complexity index is 232. The summed E-state index contributed by atoms with van der Waals surface area (Å²) in [6.45, 7) is 0.759. The molecule has 1 heterocycles. The van der Waals surface area contributed by atoms with E-state index in [9.17, 15) is 0 Å². The van der Waals surface area contributed by atoms with E-state index >= 15 is 0 Å². The Kier molecular flexibility index (Phi) is 4.12. The van der Waals surface area contributed by atoms with Crippen LogP contribution in [-0.4, -0.2) is 34.6 Å². The van der Waals surface area contributed by atoms with Crippen LogP contribution < -0.4 is 5.32 Å². The molecule has 4 nitrogen and oxygen atoms in total. The number of hydrogen-bond donors (Lipinski definition) is 2. The molecule has 0 saturated carbocycles. The monoisotopic (exact) mass is 223 g/mol. The van der Waals surface area contributed by atoms with Crippen molar-refractivity contribution >= 4 is 34.6 Å². The molecule has 0 aromatic rings. The van der Waals surface area contributed by atoms with Gasteiger partial charge in [0, 0.05) is 13.0 Å². The lowest BCUT2D eigenvalue weighted by atomic mass is 10.2. The van der Waals surface area contributed by atoms with E-state index < -0.39 is 5.00 Å². The van der Waals surface area contributed by atoms with Crippen molar-refractivity contribution in [3.05, 3.63) is 0 Å². The standard InChI is InChI=1S/C7H11Cl2N3O/c8-6-4-7(9,5-11-12-6)10-2-1-3-13/h5,10,13H,1-4H2. The summed E-state index contributed by atoms with van der Waals surface area (Å²) in [5.74, 6) is 0. The smallest absolute Gasteiger partial charge is 0.138 e. The highest BCUT2D eigenvalue weighted by atomic mass is 35.5. The minimum Gasteiger partial charge on any atom is -0.396 e. The normalized spacial score (nSPS) is 27.5. The number of halogens is 2. The third-order valence-electron chi connectivity index (χ3n) is 1.59. The largest absolute Gasteiger partial charge is 0.396 e. The zero-order valence-corrected chi connectivity index (χ0v) is 8.52. The molecule has 74 valence electrons. The molecular formula is C7H11Cl2N3O. The quantitative estimate of drug-likeness (QED) is 0.423. The Morgan fingerprint density at radius 3 is 3.08 bits per heavy atom. The van der Waals surface area contributed by atoms with Gasteiger partial charge in [0.25, 0.3) is 0 Å². The fraction of sp³-hybridized carbons (Fsp3) is 0.714. The number of rotatable bonds is 4. The predicted octanol–water partition coefficient (Wildman–Crippen LogP) is 0.920. The number of alkyl halides is 1. The Morgan fingerprint density at radius 1 is 1.69 bits per heavy atom. The second-order valence-electron chi connectivity index (χ2n) is 2.76.